The summed E-state index contributed by atoms with van der Waals surface area (Å²) in [7, 11) is 0. The Labute approximate surface area is 189 Å². The maximum Gasteiger partial charge on any atom is 0.433 e. The minimum absolute atomic E-state index is 0.102. The molecule has 4 rings (SSSR count). The van der Waals surface area contributed by atoms with E-state index in [2.05, 4.69) is 20.6 Å². The number of alkyl halides is 3. The van der Waals surface area contributed by atoms with E-state index < -0.39 is 23.7 Å². The van der Waals surface area contributed by atoms with Crippen LogP contribution >= 0.6 is 11.8 Å². The zero-order valence-corrected chi connectivity index (χ0v) is 17.5. The second-order valence-electron chi connectivity index (χ2n) is 6.63. The number of halogens is 3. The summed E-state index contributed by atoms with van der Waals surface area (Å²) in [5, 5.41) is 5.13. The Morgan fingerprint density at radius 3 is 2.64 bits per heavy atom. The monoisotopic (exact) mass is 476 g/mol. The van der Waals surface area contributed by atoms with Gasteiger partial charge in [0.1, 0.15) is 5.69 Å². The normalized spacial score (nSPS) is 12.3. The van der Waals surface area contributed by atoms with E-state index in [1.165, 1.54) is 12.1 Å². The summed E-state index contributed by atoms with van der Waals surface area (Å²) in [6.45, 7) is 0.102. The van der Waals surface area contributed by atoms with Crippen LogP contribution in [0.4, 0.5) is 24.5 Å². The molecule has 0 unspecified atom stereocenters. The number of aromatic nitrogens is 2. The molecule has 33 heavy (non-hydrogen) atoms. The Balaban J connectivity index is 1.40. The summed E-state index contributed by atoms with van der Waals surface area (Å²) in [5.74, 6) is -0.187. The summed E-state index contributed by atoms with van der Waals surface area (Å²) < 4.78 is 48.8. The minimum atomic E-state index is -4.61. The molecular weight excluding hydrogens is 461 g/mol. The van der Waals surface area contributed by atoms with Gasteiger partial charge in [0.15, 0.2) is 16.7 Å². The number of carbonyl (C=O) groups is 2. The molecule has 0 saturated carbocycles. The lowest BCUT2D eigenvalue weighted by atomic mass is 10.1. The van der Waals surface area contributed by atoms with E-state index in [-0.39, 0.29) is 29.0 Å². The van der Waals surface area contributed by atoms with Crippen molar-refractivity contribution in [3.05, 3.63) is 66.0 Å². The Morgan fingerprint density at radius 1 is 1.03 bits per heavy atom. The van der Waals surface area contributed by atoms with Crippen molar-refractivity contribution in [2.45, 2.75) is 11.3 Å². The quantitative estimate of drug-likeness (QED) is 0.406. The highest BCUT2D eigenvalue weighted by atomic mass is 32.2. The van der Waals surface area contributed by atoms with Gasteiger partial charge >= 0.3 is 6.18 Å². The van der Waals surface area contributed by atoms with E-state index >= 15 is 0 Å². The van der Waals surface area contributed by atoms with Crippen LogP contribution in [0.25, 0.3) is 0 Å². The van der Waals surface area contributed by atoms with Gasteiger partial charge in [-0.3, -0.25) is 9.59 Å². The third-order valence-corrected chi connectivity index (χ3v) is 5.19. The fourth-order valence-corrected chi connectivity index (χ4v) is 3.48. The lowest BCUT2D eigenvalue weighted by Crippen LogP contribution is -2.19. The van der Waals surface area contributed by atoms with Crippen molar-refractivity contribution in [1.29, 1.82) is 0 Å². The topological polar surface area (TPSA) is 102 Å². The maximum absolute atomic E-state index is 12.8. The first kappa shape index (κ1) is 22.4. The maximum atomic E-state index is 12.8. The molecule has 0 radical (unpaired) electrons. The van der Waals surface area contributed by atoms with Crippen molar-refractivity contribution in [3.8, 4) is 11.5 Å². The predicted molar refractivity (Wildman–Crippen MR) is 113 cm³/mol. The third-order valence-electron chi connectivity index (χ3n) is 4.33. The SMILES string of the molecule is O=C(CSc1nccc(C(F)(F)F)n1)Nc1ccccc1C(=O)Nc1ccc2c(c1)OCO2. The highest BCUT2D eigenvalue weighted by molar-refractivity contribution is 7.99. The molecule has 1 aromatic heterocycles. The Morgan fingerprint density at radius 2 is 1.82 bits per heavy atom. The number of nitrogens with one attached hydrogen (secondary N) is 2. The number of ether oxygens (including phenoxy) is 2. The summed E-state index contributed by atoms with van der Waals surface area (Å²) in [5.41, 5.74) is -0.177. The fourth-order valence-electron chi connectivity index (χ4n) is 2.85. The average Bonchev–Trinajstić information content (AvgIpc) is 3.25. The summed E-state index contributed by atoms with van der Waals surface area (Å²) >= 11 is 0.746. The first-order chi connectivity index (χ1) is 15.8. The molecule has 8 nitrogen and oxygen atoms in total. The largest absolute Gasteiger partial charge is 0.454 e. The van der Waals surface area contributed by atoms with Crippen LogP contribution < -0.4 is 20.1 Å². The summed E-state index contributed by atoms with van der Waals surface area (Å²) in [6, 6.07) is 12.0. The second-order valence-corrected chi connectivity index (χ2v) is 7.57. The lowest BCUT2D eigenvalue weighted by Gasteiger charge is -2.12. The number of para-hydroxylation sites is 1. The van der Waals surface area contributed by atoms with Crippen LogP contribution in [0.3, 0.4) is 0 Å². The van der Waals surface area contributed by atoms with Crippen LogP contribution in [0.5, 0.6) is 11.5 Å². The van der Waals surface area contributed by atoms with E-state index in [0.29, 0.717) is 17.2 Å². The number of anilines is 2. The van der Waals surface area contributed by atoms with Crippen LogP contribution in [0.1, 0.15) is 16.1 Å². The number of nitrogens with zero attached hydrogens (tertiary/aromatic N) is 2. The predicted octanol–water partition coefficient (Wildman–Crippen LogP) is 4.21. The molecule has 0 spiro atoms. The molecule has 1 aliphatic rings. The van der Waals surface area contributed by atoms with E-state index in [0.717, 1.165) is 24.0 Å². The van der Waals surface area contributed by atoms with Crippen LogP contribution in [0.2, 0.25) is 0 Å². The summed E-state index contributed by atoms with van der Waals surface area (Å²) in [6.07, 6.45) is -3.63. The highest BCUT2D eigenvalue weighted by Gasteiger charge is 2.32. The molecule has 2 aromatic carbocycles. The van der Waals surface area contributed by atoms with Crippen molar-refractivity contribution >= 4 is 35.0 Å². The Bertz CT molecular complexity index is 1210. The Hall–Kier alpha value is -3.80. The number of carbonyl (C=O) groups excluding carboxylic acids is 2. The fraction of sp³-hybridized carbons (Fsp3) is 0.143. The number of thioether (sulfide) groups is 1. The molecule has 0 bridgehead atoms. The second kappa shape index (κ2) is 9.36. The van der Waals surface area contributed by atoms with E-state index in [1.807, 2.05) is 0 Å². The van der Waals surface area contributed by atoms with Crippen LogP contribution in [-0.2, 0) is 11.0 Å². The molecule has 3 aromatic rings. The van der Waals surface area contributed by atoms with Gasteiger partial charge in [0.2, 0.25) is 12.7 Å². The molecule has 0 fully saturated rings. The smallest absolute Gasteiger partial charge is 0.433 e. The van der Waals surface area contributed by atoms with Gasteiger partial charge in [-0.15, -0.1) is 0 Å². The molecule has 2 N–H and O–H groups in total. The molecule has 1 aliphatic heterocycles. The molecule has 170 valence electrons. The Kier molecular flexibility index (Phi) is 6.36. The zero-order chi connectivity index (χ0) is 23.4. The third kappa shape index (κ3) is 5.52. The first-order valence-corrected chi connectivity index (χ1v) is 10.4. The van der Waals surface area contributed by atoms with Gasteiger partial charge in [-0.1, -0.05) is 23.9 Å². The number of hydrogen-bond acceptors (Lipinski definition) is 7. The van der Waals surface area contributed by atoms with Gasteiger partial charge in [0, 0.05) is 18.0 Å². The van der Waals surface area contributed by atoms with Crippen molar-refractivity contribution < 1.29 is 32.2 Å². The number of benzene rings is 2. The van der Waals surface area contributed by atoms with Gasteiger partial charge in [-0.25, -0.2) is 9.97 Å². The van der Waals surface area contributed by atoms with Gasteiger partial charge < -0.3 is 20.1 Å². The lowest BCUT2D eigenvalue weighted by molar-refractivity contribution is -0.141. The van der Waals surface area contributed by atoms with Crippen molar-refractivity contribution in [2.24, 2.45) is 0 Å². The van der Waals surface area contributed by atoms with Crippen LogP contribution in [0.15, 0.2) is 59.9 Å². The average molecular weight is 476 g/mol. The van der Waals surface area contributed by atoms with E-state index in [9.17, 15) is 22.8 Å². The zero-order valence-electron chi connectivity index (χ0n) is 16.7. The van der Waals surface area contributed by atoms with Crippen LogP contribution in [0, 0.1) is 0 Å². The molecule has 2 heterocycles. The van der Waals surface area contributed by atoms with Gasteiger partial charge in [0.25, 0.3) is 5.91 Å². The molecule has 12 heteroatoms. The standard InChI is InChI=1S/C21H15F3N4O4S/c22-21(23,24)17-7-8-25-20(28-17)33-10-18(29)27-14-4-2-1-3-13(14)19(30)26-12-5-6-15-16(9-12)32-11-31-15/h1-9H,10-11H2,(H,26,30)(H,27,29). The highest BCUT2D eigenvalue weighted by Crippen LogP contribution is 2.34. The van der Waals surface area contributed by atoms with Crippen LogP contribution in [-0.4, -0.2) is 34.3 Å². The minimum Gasteiger partial charge on any atom is -0.454 e. The van der Waals surface area contributed by atoms with Crippen molar-refractivity contribution in [1.82, 2.24) is 9.97 Å². The molecule has 0 atom stereocenters. The van der Waals surface area contributed by atoms with Gasteiger partial charge in [0.05, 0.1) is 17.0 Å². The van der Waals surface area contributed by atoms with E-state index in [1.54, 1.807) is 30.3 Å². The number of hydrogen-bond donors (Lipinski definition) is 2. The molecular formula is C21H15F3N4O4S. The van der Waals surface area contributed by atoms with Crippen molar-refractivity contribution in [2.75, 3.05) is 23.2 Å². The van der Waals surface area contributed by atoms with E-state index in [4.69, 9.17) is 9.47 Å². The number of amides is 2. The summed E-state index contributed by atoms with van der Waals surface area (Å²) in [4.78, 5) is 32.3. The van der Waals surface area contributed by atoms with Crippen molar-refractivity contribution in [3.63, 3.8) is 0 Å². The van der Waals surface area contributed by atoms with Gasteiger partial charge in [-0.05, 0) is 30.3 Å². The van der Waals surface area contributed by atoms with Gasteiger partial charge in [-0.2, -0.15) is 13.2 Å². The molecule has 2 amide bonds. The number of fused-ring (bicyclic) bond motifs is 1. The molecule has 0 aliphatic carbocycles. The molecule has 0 saturated heterocycles. The first-order valence-electron chi connectivity index (χ1n) is 9.42. The number of rotatable bonds is 6.